The number of aliphatic hydroxyl groups is 2. The summed E-state index contributed by atoms with van der Waals surface area (Å²) in [6.07, 6.45) is 7.23. The highest BCUT2D eigenvalue weighted by atomic mass is 16.3. The van der Waals surface area contributed by atoms with Crippen molar-refractivity contribution in [3.05, 3.63) is 59.9 Å². The molecule has 5 aromatic rings. The SMILES string of the molecule is OC[C@H]1[C@H](CO)[C@@H]2CC[C@H]1[C@@H]1[C@H]2[C@@H]2C[C@H]1c1cc3nc4c5cccnc5c5ncccc5c4nc3cc12. The number of pyridine rings is 2. The molecule has 5 aliphatic carbocycles. The molecule has 3 aromatic heterocycles. The Kier molecular flexibility index (Phi) is 4.05. The molecule has 0 aliphatic heterocycles. The zero-order valence-corrected chi connectivity index (χ0v) is 20.5. The first-order chi connectivity index (χ1) is 18.3. The average Bonchev–Trinajstić information content (AvgIpc) is 3.53. The molecule has 5 aliphatic rings. The summed E-state index contributed by atoms with van der Waals surface area (Å²) in [5.74, 6) is 3.86. The molecule has 10 rings (SSSR count). The number of aliphatic hydroxyl groups excluding tert-OH is 2. The van der Waals surface area contributed by atoms with Crippen LogP contribution in [0.5, 0.6) is 0 Å². The highest BCUT2D eigenvalue weighted by molar-refractivity contribution is 6.21. The summed E-state index contributed by atoms with van der Waals surface area (Å²) in [5.41, 5.74) is 8.35. The van der Waals surface area contributed by atoms with Crippen LogP contribution in [0.3, 0.4) is 0 Å². The Labute approximate surface area is 213 Å². The summed E-state index contributed by atoms with van der Waals surface area (Å²) in [7, 11) is 0. The van der Waals surface area contributed by atoms with Gasteiger partial charge in [0.2, 0.25) is 0 Å². The molecule has 0 saturated heterocycles. The van der Waals surface area contributed by atoms with Crippen LogP contribution in [0, 0.1) is 35.5 Å². The molecular weight excluding hydrogens is 460 g/mol. The van der Waals surface area contributed by atoms with Gasteiger partial charge in [0.1, 0.15) is 0 Å². The zero-order chi connectivity index (χ0) is 24.4. The summed E-state index contributed by atoms with van der Waals surface area (Å²) >= 11 is 0. The van der Waals surface area contributed by atoms with Gasteiger partial charge in [-0.05, 0) is 114 Å². The fraction of sp³-hybridized carbons (Fsp3) is 0.419. The molecule has 184 valence electrons. The predicted molar refractivity (Wildman–Crippen MR) is 142 cm³/mol. The molecule has 0 unspecified atom stereocenters. The maximum absolute atomic E-state index is 10.3. The summed E-state index contributed by atoms with van der Waals surface area (Å²) in [6, 6.07) is 12.7. The Morgan fingerprint density at radius 1 is 0.676 bits per heavy atom. The Balaban J connectivity index is 1.27. The number of fused-ring (bicyclic) bond motifs is 14. The third kappa shape index (κ3) is 2.49. The van der Waals surface area contributed by atoms with Crippen molar-refractivity contribution in [2.75, 3.05) is 13.2 Å². The van der Waals surface area contributed by atoms with Crippen molar-refractivity contribution in [1.29, 1.82) is 0 Å². The number of hydrogen-bond acceptors (Lipinski definition) is 6. The van der Waals surface area contributed by atoms with E-state index in [1.54, 1.807) is 0 Å². The summed E-state index contributed by atoms with van der Waals surface area (Å²) < 4.78 is 0. The van der Waals surface area contributed by atoms with Gasteiger partial charge in [0, 0.05) is 36.4 Å². The van der Waals surface area contributed by atoms with E-state index in [9.17, 15) is 10.2 Å². The zero-order valence-electron chi connectivity index (χ0n) is 20.5. The van der Waals surface area contributed by atoms with Crippen molar-refractivity contribution < 1.29 is 10.2 Å². The Hall–Kier alpha value is -3.22. The van der Waals surface area contributed by atoms with E-state index in [1.807, 2.05) is 24.5 Å². The van der Waals surface area contributed by atoms with Crippen LogP contribution < -0.4 is 0 Å². The highest BCUT2D eigenvalue weighted by Crippen LogP contribution is 2.71. The van der Waals surface area contributed by atoms with Crippen LogP contribution in [0.4, 0.5) is 0 Å². The van der Waals surface area contributed by atoms with Crippen LogP contribution in [0.15, 0.2) is 48.8 Å². The molecule has 0 radical (unpaired) electrons. The second kappa shape index (κ2) is 7.21. The van der Waals surface area contributed by atoms with Crippen LogP contribution in [0.2, 0.25) is 0 Å². The fourth-order valence-electron chi connectivity index (χ4n) is 9.63. The highest BCUT2D eigenvalue weighted by Gasteiger charge is 2.63. The topological polar surface area (TPSA) is 92.0 Å². The Bertz CT molecular complexity index is 1640. The van der Waals surface area contributed by atoms with E-state index in [0.29, 0.717) is 35.5 Å². The molecular formula is C31H28N4O2. The minimum Gasteiger partial charge on any atom is -0.396 e. The minimum atomic E-state index is 0.207. The van der Waals surface area contributed by atoms with Crippen molar-refractivity contribution in [3.63, 3.8) is 0 Å². The summed E-state index contributed by atoms with van der Waals surface area (Å²) in [5, 5.41) is 22.5. The minimum absolute atomic E-state index is 0.207. The lowest BCUT2D eigenvalue weighted by Gasteiger charge is -2.58. The second-order valence-electron chi connectivity index (χ2n) is 11.9. The van der Waals surface area contributed by atoms with Gasteiger partial charge in [-0.15, -0.1) is 0 Å². The largest absolute Gasteiger partial charge is 0.396 e. The molecule has 4 fully saturated rings. The van der Waals surface area contributed by atoms with Gasteiger partial charge in [-0.25, -0.2) is 9.97 Å². The average molecular weight is 489 g/mol. The maximum Gasteiger partial charge on any atom is 0.0996 e. The van der Waals surface area contributed by atoms with Gasteiger partial charge in [-0.3, -0.25) is 9.97 Å². The smallest absolute Gasteiger partial charge is 0.0996 e. The van der Waals surface area contributed by atoms with E-state index < -0.39 is 0 Å². The molecule has 6 heteroatoms. The molecule has 2 aromatic carbocycles. The monoisotopic (exact) mass is 488 g/mol. The van der Waals surface area contributed by atoms with Gasteiger partial charge < -0.3 is 10.2 Å². The number of benzene rings is 2. The quantitative estimate of drug-likeness (QED) is 0.270. The van der Waals surface area contributed by atoms with E-state index in [-0.39, 0.29) is 25.0 Å². The maximum atomic E-state index is 10.3. The molecule has 8 atom stereocenters. The number of hydrogen-bond donors (Lipinski definition) is 2. The number of rotatable bonds is 2. The Morgan fingerprint density at radius 2 is 1.16 bits per heavy atom. The normalized spacial score (nSPS) is 33.6. The second-order valence-corrected chi connectivity index (χ2v) is 11.9. The standard InChI is InChI=1S/C31H28N4O2/c36-12-22-14-5-6-15(23(22)13-37)27-21-9-20(26(14)27)18-10-24-25(11-19(18)21)35-31-17-4-2-8-33-29(17)28-16(30(31)34-24)3-1-7-32-28/h1-4,7-8,10-11,14-15,20-23,26-27,36-37H,5-6,9,12-13H2/t14-,15+,20+,21-,22-,23-,26+,27-/m1/s1. The first-order valence-electron chi connectivity index (χ1n) is 13.7. The van der Waals surface area contributed by atoms with Gasteiger partial charge >= 0.3 is 0 Å². The van der Waals surface area contributed by atoms with E-state index in [2.05, 4.69) is 34.2 Å². The molecule has 37 heavy (non-hydrogen) atoms. The predicted octanol–water partition coefficient (Wildman–Crippen LogP) is 4.95. The molecule has 2 N–H and O–H groups in total. The van der Waals surface area contributed by atoms with Crippen LogP contribution >= 0.6 is 0 Å². The molecule has 3 heterocycles. The molecule has 0 amide bonds. The summed E-state index contributed by atoms with van der Waals surface area (Å²) in [6.45, 7) is 0.415. The Morgan fingerprint density at radius 3 is 1.62 bits per heavy atom. The van der Waals surface area contributed by atoms with Crippen LogP contribution in [0.1, 0.15) is 42.2 Å². The number of aromatic nitrogens is 4. The van der Waals surface area contributed by atoms with Gasteiger partial charge in [-0.2, -0.15) is 0 Å². The fourth-order valence-corrected chi connectivity index (χ4v) is 9.63. The molecule has 0 spiro atoms. The van der Waals surface area contributed by atoms with Gasteiger partial charge in [-0.1, -0.05) is 0 Å². The molecule has 4 bridgehead atoms. The van der Waals surface area contributed by atoms with Crippen molar-refractivity contribution >= 4 is 43.9 Å². The third-order valence-corrected chi connectivity index (χ3v) is 10.8. The van der Waals surface area contributed by atoms with E-state index in [4.69, 9.17) is 9.97 Å². The van der Waals surface area contributed by atoms with Crippen molar-refractivity contribution in [3.8, 4) is 0 Å². The summed E-state index contributed by atoms with van der Waals surface area (Å²) in [4.78, 5) is 19.8. The van der Waals surface area contributed by atoms with Gasteiger partial charge in [0.15, 0.2) is 0 Å². The van der Waals surface area contributed by atoms with Crippen LogP contribution in [-0.4, -0.2) is 43.4 Å². The van der Waals surface area contributed by atoms with Gasteiger partial charge in [0.05, 0.1) is 33.1 Å². The van der Waals surface area contributed by atoms with Crippen LogP contribution in [-0.2, 0) is 0 Å². The lowest BCUT2D eigenvalue weighted by molar-refractivity contribution is -0.107. The van der Waals surface area contributed by atoms with Crippen molar-refractivity contribution in [2.45, 2.75) is 31.1 Å². The third-order valence-electron chi connectivity index (χ3n) is 10.8. The lowest BCUT2D eigenvalue weighted by atomic mass is 9.47. The van der Waals surface area contributed by atoms with Crippen molar-refractivity contribution in [1.82, 2.24) is 19.9 Å². The van der Waals surface area contributed by atoms with Gasteiger partial charge in [0.25, 0.3) is 0 Å². The first kappa shape index (κ1) is 20.8. The van der Waals surface area contributed by atoms with E-state index in [1.165, 1.54) is 30.4 Å². The van der Waals surface area contributed by atoms with E-state index in [0.717, 1.165) is 43.9 Å². The lowest BCUT2D eigenvalue weighted by Crippen LogP contribution is -2.54. The van der Waals surface area contributed by atoms with Crippen LogP contribution in [0.25, 0.3) is 43.9 Å². The number of nitrogens with zero attached hydrogens (tertiary/aromatic N) is 4. The van der Waals surface area contributed by atoms with E-state index >= 15 is 0 Å². The first-order valence-corrected chi connectivity index (χ1v) is 13.7. The molecule has 6 nitrogen and oxygen atoms in total. The van der Waals surface area contributed by atoms with Crippen molar-refractivity contribution in [2.24, 2.45) is 35.5 Å². The molecule has 4 saturated carbocycles.